The molecular formula is C26H44O3Si. The van der Waals surface area contributed by atoms with Gasteiger partial charge in [0.1, 0.15) is 11.9 Å². The highest BCUT2D eigenvalue weighted by molar-refractivity contribution is 6.73. The molecule has 30 heavy (non-hydrogen) atoms. The van der Waals surface area contributed by atoms with Gasteiger partial charge in [0.2, 0.25) is 0 Å². The van der Waals surface area contributed by atoms with E-state index in [1.165, 1.54) is 12.8 Å². The molecule has 3 aliphatic rings. The third kappa shape index (κ3) is 3.82. The molecule has 4 heteroatoms. The van der Waals surface area contributed by atoms with Crippen LogP contribution in [0.2, 0.25) is 18.1 Å². The largest absolute Gasteiger partial charge is 0.411 e. The van der Waals surface area contributed by atoms with Crippen LogP contribution in [0.3, 0.4) is 0 Å². The van der Waals surface area contributed by atoms with Crippen LogP contribution in [0, 0.1) is 22.7 Å². The van der Waals surface area contributed by atoms with E-state index in [1.54, 1.807) is 0 Å². The maximum atomic E-state index is 11.9. The van der Waals surface area contributed by atoms with Crippen LogP contribution in [-0.2, 0) is 14.0 Å². The van der Waals surface area contributed by atoms with Gasteiger partial charge in [0.05, 0.1) is 12.7 Å². The number of ether oxygens (including phenoxy) is 1. The molecular weight excluding hydrogens is 388 g/mol. The van der Waals surface area contributed by atoms with E-state index >= 15 is 0 Å². The van der Waals surface area contributed by atoms with E-state index in [1.807, 2.05) is 6.08 Å². The summed E-state index contributed by atoms with van der Waals surface area (Å²) in [5, 5.41) is 0. The third-order valence-corrected chi connectivity index (χ3v) is 14.4. The van der Waals surface area contributed by atoms with E-state index in [4.69, 9.17) is 9.16 Å². The highest BCUT2D eigenvalue weighted by Gasteiger charge is 2.59. The number of allylic oxidation sites excluding steroid dienone is 2. The van der Waals surface area contributed by atoms with Gasteiger partial charge in [-0.25, -0.2) is 0 Å². The highest BCUT2D eigenvalue weighted by Crippen LogP contribution is 2.62. The van der Waals surface area contributed by atoms with E-state index in [9.17, 15) is 4.79 Å². The van der Waals surface area contributed by atoms with Gasteiger partial charge in [0, 0.05) is 0 Å². The second-order valence-corrected chi connectivity index (χ2v) is 15.5. The second kappa shape index (κ2) is 8.67. The van der Waals surface area contributed by atoms with Crippen LogP contribution in [0.1, 0.15) is 73.6 Å². The number of carbonyl (C=O) groups excluding carboxylic acids is 1. The van der Waals surface area contributed by atoms with Gasteiger partial charge in [-0.1, -0.05) is 53.7 Å². The Kier molecular flexibility index (Phi) is 6.92. The average Bonchev–Trinajstić information content (AvgIpc) is 3.56. The monoisotopic (exact) mass is 432 g/mol. The predicted octanol–water partition coefficient (Wildman–Crippen LogP) is 6.70. The molecule has 0 aromatic carbocycles. The Bertz CT molecular complexity index is 670. The Hall–Kier alpha value is -0.713. The van der Waals surface area contributed by atoms with Crippen molar-refractivity contribution in [1.82, 2.24) is 0 Å². The zero-order valence-corrected chi connectivity index (χ0v) is 21.3. The Morgan fingerprint density at radius 2 is 1.90 bits per heavy atom. The first-order chi connectivity index (χ1) is 14.2. The summed E-state index contributed by atoms with van der Waals surface area (Å²) in [4.78, 5) is 11.9. The Labute approximate surface area is 185 Å². The van der Waals surface area contributed by atoms with E-state index in [0.29, 0.717) is 11.8 Å². The summed E-state index contributed by atoms with van der Waals surface area (Å²) in [5.74, 6) is 1.11. The van der Waals surface area contributed by atoms with Crippen molar-refractivity contribution >= 4 is 14.6 Å². The SMILES string of the molecule is C=C[C@@]1([C@@H](C[C@]2(C)[C@H](C)CC[C@]3(C)C(C=O)=CCC[C@@H]23)O[Si](CC)(CC)CC)CO1. The fraction of sp³-hybridized carbons (Fsp3) is 0.808. The number of aldehydes is 1. The van der Waals surface area contributed by atoms with Crippen LogP contribution in [0.25, 0.3) is 0 Å². The summed E-state index contributed by atoms with van der Waals surface area (Å²) < 4.78 is 13.2. The number of hydrogen-bond donors (Lipinski definition) is 0. The van der Waals surface area contributed by atoms with Gasteiger partial charge in [0.15, 0.2) is 8.32 Å². The van der Waals surface area contributed by atoms with Crippen LogP contribution in [-0.4, -0.2) is 32.9 Å². The van der Waals surface area contributed by atoms with Crippen molar-refractivity contribution in [3.05, 3.63) is 24.3 Å². The normalized spacial score (nSPS) is 39.6. The van der Waals surface area contributed by atoms with Crippen LogP contribution in [0.15, 0.2) is 24.3 Å². The molecule has 1 saturated heterocycles. The summed E-state index contributed by atoms with van der Waals surface area (Å²) in [5.41, 5.74) is 0.839. The van der Waals surface area contributed by atoms with Gasteiger partial charge in [-0.05, 0) is 78.5 Å². The quantitative estimate of drug-likeness (QED) is 0.167. The summed E-state index contributed by atoms with van der Waals surface area (Å²) in [6.07, 6.45) is 10.9. The third-order valence-electron chi connectivity index (χ3n) is 9.71. The zero-order chi connectivity index (χ0) is 22.2. The van der Waals surface area contributed by atoms with Crippen LogP contribution in [0.4, 0.5) is 0 Å². The second-order valence-electron chi connectivity index (χ2n) is 10.8. The minimum absolute atomic E-state index is 0.00759. The van der Waals surface area contributed by atoms with Crippen LogP contribution >= 0.6 is 0 Å². The molecule has 0 bridgehead atoms. The maximum Gasteiger partial charge on any atom is 0.192 e. The average molecular weight is 433 g/mol. The molecule has 1 heterocycles. The zero-order valence-electron chi connectivity index (χ0n) is 20.3. The minimum Gasteiger partial charge on any atom is -0.411 e. The lowest BCUT2D eigenvalue weighted by Gasteiger charge is -2.58. The van der Waals surface area contributed by atoms with Gasteiger partial charge in [-0.3, -0.25) is 4.79 Å². The summed E-state index contributed by atoms with van der Waals surface area (Å²) in [6, 6.07) is 3.44. The first-order valence-electron chi connectivity index (χ1n) is 12.3. The molecule has 2 fully saturated rings. The van der Waals surface area contributed by atoms with E-state index in [2.05, 4.69) is 54.2 Å². The molecule has 0 radical (unpaired) electrons. The molecule has 0 spiro atoms. The van der Waals surface area contributed by atoms with Gasteiger partial charge in [-0.2, -0.15) is 0 Å². The molecule has 1 aliphatic heterocycles. The van der Waals surface area contributed by atoms with Crippen molar-refractivity contribution in [3.63, 3.8) is 0 Å². The number of fused-ring (bicyclic) bond motifs is 1. The van der Waals surface area contributed by atoms with Crippen molar-refractivity contribution in [3.8, 4) is 0 Å². The smallest absolute Gasteiger partial charge is 0.192 e. The van der Waals surface area contributed by atoms with Crippen LogP contribution < -0.4 is 0 Å². The van der Waals surface area contributed by atoms with Gasteiger partial charge < -0.3 is 9.16 Å². The Morgan fingerprint density at radius 3 is 2.40 bits per heavy atom. The lowest BCUT2D eigenvalue weighted by atomic mass is 9.46. The summed E-state index contributed by atoms with van der Waals surface area (Å²) in [6.45, 7) is 19.0. The number of hydrogen-bond acceptors (Lipinski definition) is 3. The molecule has 3 nitrogen and oxygen atoms in total. The molecule has 2 aliphatic carbocycles. The fourth-order valence-corrected chi connectivity index (χ4v) is 9.67. The molecule has 0 unspecified atom stereocenters. The molecule has 0 aromatic rings. The summed E-state index contributed by atoms with van der Waals surface area (Å²) >= 11 is 0. The van der Waals surface area contributed by atoms with E-state index < -0.39 is 8.32 Å². The maximum absolute atomic E-state index is 11.9. The molecule has 0 aromatic heterocycles. The molecule has 1 saturated carbocycles. The van der Waals surface area contributed by atoms with Gasteiger partial charge >= 0.3 is 0 Å². The van der Waals surface area contributed by atoms with Crippen molar-refractivity contribution in [2.24, 2.45) is 22.7 Å². The highest BCUT2D eigenvalue weighted by atomic mass is 28.4. The fourth-order valence-electron chi connectivity index (χ4n) is 6.78. The first-order valence-corrected chi connectivity index (χ1v) is 14.8. The van der Waals surface area contributed by atoms with Crippen LogP contribution in [0.5, 0.6) is 0 Å². The van der Waals surface area contributed by atoms with Gasteiger partial charge in [-0.15, -0.1) is 6.58 Å². The molecule has 170 valence electrons. The predicted molar refractivity (Wildman–Crippen MR) is 127 cm³/mol. The molecule has 6 atom stereocenters. The summed E-state index contributed by atoms with van der Waals surface area (Å²) in [7, 11) is -1.78. The van der Waals surface area contributed by atoms with Crippen molar-refractivity contribution in [1.29, 1.82) is 0 Å². The number of rotatable bonds is 10. The molecule has 3 rings (SSSR count). The van der Waals surface area contributed by atoms with E-state index in [-0.39, 0.29) is 22.5 Å². The number of epoxide rings is 1. The van der Waals surface area contributed by atoms with E-state index in [0.717, 1.165) is 55.9 Å². The van der Waals surface area contributed by atoms with Crippen molar-refractivity contribution < 1.29 is 14.0 Å². The number of carbonyl (C=O) groups is 1. The Morgan fingerprint density at radius 1 is 1.27 bits per heavy atom. The lowest BCUT2D eigenvalue weighted by Crippen LogP contribution is -2.54. The lowest BCUT2D eigenvalue weighted by molar-refractivity contribution is -0.110. The minimum atomic E-state index is -1.78. The van der Waals surface area contributed by atoms with Crippen molar-refractivity contribution in [2.75, 3.05) is 6.61 Å². The van der Waals surface area contributed by atoms with Gasteiger partial charge in [0.25, 0.3) is 0 Å². The standard InChI is InChI=1S/C26H44O3Si/c1-8-26(19-28-26)23(29-30(9-2,10-3)11-4)17-25(7)20(5)15-16-24(6)21(18-27)13-12-14-22(24)25/h8,13,18,20,22-23H,1,9-12,14-17,19H2,2-7H3/t20-,22-,23-,24-,25-,26+/m1/s1. The Balaban J connectivity index is 1.97. The topological polar surface area (TPSA) is 38.8 Å². The molecule has 0 amide bonds. The first kappa shape index (κ1) is 23.9. The molecule has 0 N–H and O–H groups in total. The van der Waals surface area contributed by atoms with Crippen molar-refractivity contribution in [2.45, 2.75) is 103 Å².